The van der Waals surface area contributed by atoms with Crippen LogP contribution in [0.3, 0.4) is 0 Å². The largest absolute Gasteiger partial charge is 0.481 e. The molecule has 0 aromatic carbocycles. The van der Waals surface area contributed by atoms with Gasteiger partial charge in [0.1, 0.15) is 12.2 Å². The Balaban J connectivity index is 4.86. The van der Waals surface area contributed by atoms with Crippen molar-refractivity contribution in [1.82, 2.24) is 0 Å². The summed E-state index contributed by atoms with van der Waals surface area (Å²) >= 11 is 0. The average molecular weight is 264 g/mol. The molecule has 0 rings (SSSR count). The number of carbonyl (C=O) groups is 1. The van der Waals surface area contributed by atoms with Crippen LogP contribution in [0.2, 0.25) is 0 Å². The molecule has 0 bridgehead atoms. The van der Waals surface area contributed by atoms with Crippen LogP contribution in [-0.2, 0) is 9.53 Å². The standard InChI is InChI=1S/C12H24O6/c1-6(11(16)17)7(13)8(14)9(15)10(18-5)12(2,3)4/h6-10,13-15H,1-5H3,(H,16,17). The molecule has 0 aliphatic carbocycles. The van der Waals surface area contributed by atoms with Gasteiger partial charge in [-0.3, -0.25) is 4.79 Å². The van der Waals surface area contributed by atoms with Gasteiger partial charge in [-0.25, -0.2) is 0 Å². The molecule has 18 heavy (non-hydrogen) atoms. The number of aliphatic hydroxyl groups is 3. The van der Waals surface area contributed by atoms with E-state index >= 15 is 0 Å². The molecular formula is C12H24O6. The van der Waals surface area contributed by atoms with E-state index in [0.29, 0.717) is 0 Å². The van der Waals surface area contributed by atoms with Crippen LogP contribution in [0.5, 0.6) is 0 Å². The maximum atomic E-state index is 10.7. The highest BCUT2D eigenvalue weighted by Gasteiger charge is 2.40. The number of hydrogen-bond donors (Lipinski definition) is 4. The first-order valence-corrected chi connectivity index (χ1v) is 5.83. The van der Waals surface area contributed by atoms with Gasteiger partial charge in [-0.2, -0.15) is 0 Å². The number of aliphatic carboxylic acids is 1. The van der Waals surface area contributed by atoms with Crippen molar-refractivity contribution >= 4 is 5.97 Å². The van der Waals surface area contributed by atoms with Crippen molar-refractivity contribution in [2.75, 3.05) is 7.11 Å². The smallest absolute Gasteiger partial charge is 0.308 e. The fourth-order valence-electron chi connectivity index (χ4n) is 1.83. The number of carboxylic acid groups (broad SMARTS) is 1. The van der Waals surface area contributed by atoms with E-state index in [1.54, 1.807) is 0 Å². The molecular weight excluding hydrogens is 240 g/mol. The van der Waals surface area contributed by atoms with Gasteiger partial charge in [-0.1, -0.05) is 20.8 Å². The maximum Gasteiger partial charge on any atom is 0.308 e. The third-order valence-electron chi connectivity index (χ3n) is 3.02. The van der Waals surface area contributed by atoms with Crippen LogP contribution in [0.25, 0.3) is 0 Å². The first-order valence-electron chi connectivity index (χ1n) is 5.83. The second-order valence-electron chi connectivity index (χ2n) is 5.62. The number of hydrogen-bond acceptors (Lipinski definition) is 5. The van der Waals surface area contributed by atoms with Crippen molar-refractivity contribution in [1.29, 1.82) is 0 Å². The Morgan fingerprint density at radius 1 is 1.06 bits per heavy atom. The van der Waals surface area contributed by atoms with E-state index in [9.17, 15) is 20.1 Å². The summed E-state index contributed by atoms with van der Waals surface area (Å²) < 4.78 is 5.12. The summed E-state index contributed by atoms with van der Waals surface area (Å²) in [6.45, 7) is 6.69. The Hall–Kier alpha value is -0.690. The SMILES string of the molecule is COC(C(O)C(O)C(O)C(C)C(=O)O)C(C)(C)C. The monoisotopic (exact) mass is 264 g/mol. The maximum absolute atomic E-state index is 10.7. The lowest BCUT2D eigenvalue weighted by Crippen LogP contribution is -2.52. The van der Waals surface area contributed by atoms with E-state index in [-0.39, 0.29) is 0 Å². The topological polar surface area (TPSA) is 107 Å². The Kier molecular flexibility index (Phi) is 6.22. The summed E-state index contributed by atoms with van der Waals surface area (Å²) in [6, 6.07) is 0. The van der Waals surface area contributed by atoms with Crippen LogP contribution >= 0.6 is 0 Å². The lowest BCUT2D eigenvalue weighted by Gasteiger charge is -2.37. The quantitative estimate of drug-likeness (QED) is 0.531. The molecule has 0 spiro atoms. The molecule has 0 aromatic heterocycles. The molecule has 0 amide bonds. The zero-order valence-electron chi connectivity index (χ0n) is 11.5. The summed E-state index contributed by atoms with van der Waals surface area (Å²) in [7, 11) is 1.39. The van der Waals surface area contributed by atoms with Crippen molar-refractivity contribution in [2.24, 2.45) is 11.3 Å². The average Bonchev–Trinajstić information content (AvgIpc) is 2.24. The van der Waals surface area contributed by atoms with Crippen LogP contribution in [-0.4, -0.2) is 57.9 Å². The molecule has 5 unspecified atom stereocenters. The van der Waals surface area contributed by atoms with Crippen LogP contribution in [0, 0.1) is 11.3 Å². The highest BCUT2D eigenvalue weighted by molar-refractivity contribution is 5.70. The predicted octanol–water partition coefficient (Wildman–Crippen LogP) is -0.149. The minimum absolute atomic E-state index is 0.457. The lowest BCUT2D eigenvalue weighted by molar-refractivity contribution is -0.164. The summed E-state index contributed by atoms with van der Waals surface area (Å²) in [5, 5.41) is 38.3. The van der Waals surface area contributed by atoms with Gasteiger partial charge in [0.2, 0.25) is 0 Å². The zero-order valence-corrected chi connectivity index (χ0v) is 11.5. The number of aliphatic hydroxyl groups excluding tert-OH is 3. The normalized spacial score (nSPS) is 20.9. The molecule has 0 aromatic rings. The van der Waals surface area contributed by atoms with Gasteiger partial charge in [0, 0.05) is 7.11 Å². The third kappa shape index (κ3) is 4.20. The van der Waals surface area contributed by atoms with Crippen molar-refractivity contribution in [2.45, 2.75) is 52.1 Å². The van der Waals surface area contributed by atoms with Crippen LogP contribution in [0.1, 0.15) is 27.7 Å². The molecule has 6 nitrogen and oxygen atoms in total. The highest BCUT2D eigenvalue weighted by atomic mass is 16.5. The molecule has 0 radical (unpaired) electrons. The van der Waals surface area contributed by atoms with Gasteiger partial charge in [0.25, 0.3) is 0 Å². The summed E-state index contributed by atoms with van der Waals surface area (Å²) in [6.07, 6.45) is -5.23. The van der Waals surface area contributed by atoms with Gasteiger partial charge in [0.15, 0.2) is 0 Å². The molecule has 0 saturated carbocycles. The van der Waals surface area contributed by atoms with E-state index in [1.165, 1.54) is 14.0 Å². The Morgan fingerprint density at radius 3 is 1.78 bits per heavy atom. The minimum Gasteiger partial charge on any atom is -0.481 e. The van der Waals surface area contributed by atoms with Crippen LogP contribution < -0.4 is 0 Å². The second-order valence-corrected chi connectivity index (χ2v) is 5.62. The number of methoxy groups -OCH3 is 1. The minimum atomic E-state index is -1.58. The van der Waals surface area contributed by atoms with Crippen molar-refractivity contribution in [3.8, 4) is 0 Å². The summed E-state index contributed by atoms with van der Waals surface area (Å²) in [5.74, 6) is -2.41. The fourth-order valence-corrected chi connectivity index (χ4v) is 1.83. The fraction of sp³-hybridized carbons (Fsp3) is 0.917. The van der Waals surface area contributed by atoms with Gasteiger partial charge >= 0.3 is 5.97 Å². The highest BCUT2D eigenvalue weighted by Crippen LogP contribution is 2.27. The predicted molar refractivity (Wildman–Crippen MR) is 65.1 cm³/mol. The Labute approximate surface area is 107 Å². The molecule has 108 valence electrons. The molecule has 0 saturated heterocycles. The number of ether oxygens (including phenoxy) is 1. The molecule has 0 heterocycles. The second kappa shape index (κ2) is 6.47. The van der Waals surface area contributed by atoms with E-state index in [4.69, 9.17) is 9.84 Å². The van der Waals surface area contributed by atoms with Gasteiger partial charge in [-0.15, -0.1) is 0 Å². The van der Waals surface area contributed by atoms with E-state index < -0.39 is 41.7 Å². The summed E-state index contributed by atoms with van der Waals surface area (Å²) in [5.41, 5.74) is -0.457. The molecule has 0 fully saturated rings. The molecule has 4 N–H and O–H groups in total. The van der Waals surface area contributed by atoms with Gasteiger partial charge < -0.3 is 25.2 Å². The van der Waals surface area contributed by atoms with Crippen LogP contribution in [0.4, 0.5) is 0 Å². The van der Waals surface area contributed by atoms with Gasteiger partial charge in [0.05, 0.1) is 18.1 Å². The van der Waals surface area contributed by atoms with E-state index in [0.717, 1.165) is 0 Å². The van der Waals surface area contributed by atoms with E-state index in [2.05, 4.69) is 0 Å². The summed E-state index contributed by atoms with van der Waals surface area (Å²) in [4.78, 5) is 10.7. The van der Waals surface area contributed by atoms with E-state index in [1.807, 2.05) is 20.8 Å². The lowest BCUT2D eigenvalue weighted by atomic mass is 9.81. The Bertz CT molecular complexity index is 272. The first-order chi connectivity index (χ1) is 8.03. The first kappa shape index (κ1) is 17.3. The van der Waals surface area contributed by atoms with Gasteiger partial charge in [-0.05, 0) is 12.3 Å². The Morgan fingerprint density at radius 2 is 1.50 bits per heavy atom. The van der Waals surface area contributed by atoms with Crippen molar-refractivity contribution in [3.63, 3.8) is 0 Å². The number of rotatable bonds is 6. The van der Waals surface area contributed by atoms with Crippen molar-refractivity contribution < 1.29 is 30.0 Å². The van der Waals surface area contributed by atoms with Crippen LogP contribution in [0.15, 0.2) is 0 Å². The zero-order chi connectivity index (χ0) is 14.7. The molecule has 6 heteroatoms. The molecule has 0 aliphatic heterocycles. The molecule has 5 atom stereocenters. The molecule has 0 aliphatic rings. The number of carboxylic acids is 1. The van der Waals surface area contributed by atoms with Crippen molar-refractivity contribution in [3.05, 3.63) is 0 Å². The third-order valence-corrected chi connectivity index (χ3v) is 3.02.